The van der Waals surface area contributed by atoms with Gasteiger partial charge >= 0.3 is 0 Å². The van der Waals surface area contributed by atoms with Gasteiger partial charge < -0.3 is 20.7 Å². The van der Waals surface area contributed by atoms with Crippen LogP contribution in [-0.2, 0) is 4.79 Å². The standard InChI is InChI=1S/C21H25N5O3/c1-3-6-15(27)21(9-5-10-21)26-20-24-17(23-14-8-4-7-13(2)11-14)16-18(28)22-12-29-19(16)25-20/h4,7-8,11H,3,5-6,9-10,12H2,1-2H3,(H,22,28)(H2,23,24,25,26). The van der Waals surface area contributed by atoms with Gasteiger partial charge in [0.2, 0.25) is 11.8 Å². The average Bonchev–Trinajstić information content (AvgIpc) is 2.65. The zero-order valence-electron chi connectivity index (χ0n) is 16.7. The van der Waals surface area contributed by atoms with Crippen LogP contribution in [0.2, 0.25) is 0 Å². The molecule has 0 spiro atoms. The highest BCUT2D eigenvalue weighted by atomic mass is 16.5. The molecule has 0 bridgehead atoms. The fraction of sp³-hybridized carbons (Fsp3) is 0.429. The Hall–Kier alpha value is -3.16. The van der Waals surface area contributed by atoms with E-state index in [2.05, 4.69) is 25.9 Å². The van der Waals surface area contributed by atoms with Gasteiger partial charge in [-0.05, 0) is 50.3 Å². The molecule has 1 amide bonds. The zero-order valence-corrected chi connectivity index (χ0v) is 16.7. The first-order chi connectivity index (χ1) is 14.0. The summed E-state index contributed by atoms with van der Waals surface area (Å²) in [6, 6.07) is 7.77. The Morgan fingerprint density at radius 2 is 2.14 bits per heavy atom. The summed E-state index contributed by atoms with van der Waals surface area (Å²) in [4.78, 5) is 34.1. The molecule has 1 aliphatic carbocycles. The van der Waals surface area contributed by atoms with Crippen LogP contribution in [-0.4, -0.2) is 33.9 Å². The number of Topliss-reactive ketones (excluding diaryl/α,β-unsaturated/α-hetero) is 1. The van der Waals surface area contributed by atoms with E-state index in [0.717, 1.165) is 36.9 Å². The lowest BCUT2D eigenvalue weighted by Crippen LogP contribution is -2.52. The van der Waals surface area contributed by atoms with Crippen LogP contribution in [0.3, 0.4) is 0 Å². The molecule has 1 aliphatic heterocycles. The van der Waals surface area contributed by atoms with E-state index >= 15 is 0 Å². The van der Waals surface area contributed by atoms with Gasteiger partial charge in [-0.15, -0.1) is 0 Å². The number of anilines is 3. The number of nitrogens with one attached hydrogen (secondary N) is 3. The number of hydrogen-bond donors (Lipinski definition) is 3. The van der Waals surface area contributed by atoms with Gasteiger partial charge in [0.1, 0.15) is 5.56 Å². The average molecular weight is 395 g/mol. The molecule has 2 aromatic rings. The maximum Gasteiger partial charge on any atom is 0.263 e. The number of rotatable bonds is 7. The Morgan fingerprint density at radius 3 is 2.83 bits per heavy atom. The third-order valence-electron chi connectivity index (χ3n) is 5.39. The fourth-order valence-corrected chi connectivity index (χ4v) is 3.70. The van der Waals surface area contributed by atoms with E-state index in [9.17, 15) is 9.59 Å². The summed E-state index contributed by atoms with van der Waals surface area (Å²) in [5, 5.41) is 9.10. The molecule has 0 unspecified atom stereocenters. The Bertz CT molecular complexity index is 955. The minimum atomic E-state index is -0.623. The number of aryl methyl sites for hydroxylation is 1. The predicted octanol–water partition coefficient (Wildman–Crippen LogP) is 3.31. The molecular weight excluding hydrogens is 370 g/mol. The van der Waals surface area contributed by atoms with E-state index in [0.29, 0.717) is 12.2 Å². The third-order valence-corrected chi connectivity index (χ3v) is 5.39. The number of hydrogen-bond acceptors (Lipinski definition) is 7. The molecule has 4 rings (SSSR count). The van der Waals surface area contributed by atoms with Crippen LogP contribution in [0.5, 0.6) is 5.88 Å². The monoisotopic (exact) mass is 395 g/mol. The number of aromatic nitrogens is 2. The number of nitrogens with zero attached hydrogens (tertiary/aromatic N) is 2. The van der Waals surface area contributed by atoms with Gasteiger partial charge in [-0.25, -0.2) is 0 Å². The first-order valence-electron chi connectivity index (χ1n) is 9.99. The van der Waals surface area contributed by atoms with Crippen molar-refractivity contribution >= 4 is 29.1 Å². The lowest BCUT2D eigenvalue weighted by molar-refractivity contribution is -0.126. The van der Waals surface area contributed by atoms with Crippen molar-refractivity contribution in [3.05, 3.63) is 35.4 Å². The summed E-state index contributed by atoms with van der Waals surface area (Å²) in [6.07, 6.45) is 3.82. The highest BCUT2D eigenvalue weighted by Crippen LogP contribution is 2.38. The van der Waals surface area contributed by atoms with Crippen molar-refractivity contribution in [2.45, 2.75) is 51.5 Å². The van der Waals surface area contributed by atoms with Crippen molar-refractivity contribution in [2.24, 2.45) is 0 Å². The Balaban J connectivity index is 1.70. The molecule has 29 heavy (non-hydrogen) atoms. The molecular formula is C21H25N5O3. The number of ether oxygens (including phenoxy) is 1. The second kappa shape index (κ2) is 7.69. The minimum absolute atomic E-state index is 0.0477. The van der Waals surface area contributed by atoms with Crippen LogP contribution in [0, 0.1) is 6.92 Å². The zero-order chi connectivity index (χ0) is 20.4. The summed E-state index contributed by atoms with van der Waals surface area (Å²) in [5.74, 6) is 0.724. The van der Waals surface area contributed by atoms with Crippen LogP contribution in [0.1, 0.15) is 54.9 Å². The summed E-state index contributed by atoms with van der Waals surface area (Å²) in [5.41, 5.74) is 1.51. The van der Waals surface area contributed by atoms with Gasteiger partial charge in [0.25, 0.3) is 5.91 Å². The van der Waals surface area contributed by atoms with E-state index in [4.69, 9.17) is 4.74 Å². The molecule has 1 fully saturated rings. The minimum Gasteiger partial charge on any atom is -0.456 e. The lowest BCUT2D eigenvalue weighted by Gasteiger charge is -2.41. The topological polar surface area (TPSA) is 105 Å². The van der Waals surface area contributed by atoms with Gasteiger partial charge in [0, 0.05) is 12.1 Å². The number of fused-ring (bicyclic) bond motifs is 1. The van der Waals surface area contributed by atoms with Crippen LogP contribution in [0.15, 0.2) is 24.3 Å². The fourth-order valence-electron chi connectivity index (χ4n) is 3.70. The molecule has 0 radical (unpaired) electrons. The maximum absolute atomic E-state index is 12.7. The number of amides is 1. The van der Waals surface area contributed by atoms with Crippen LogP contribution < -0.4 is 20.7 Å². The maximum atomic E-state index is 12.7. The quantitative estimate of drug-likeness (QED) is 0.660. The second-order valence-electron chi connectivity index (χ2n) is 7.60. The molecule has 8 heteroatoms. The van der Waals surface area contributed by atoms with Crippen molar-refractivity contribution in [1.29, 1.82) is 0 Å². The Morgan fingerprint density at radius 1 is 1.31 bits per heavy atom. The largest absolute Gasteiger partial charge is 0.456 e. The van der Waals surface area contributed by atoms with Gasteiger partial charge in [-0.1, -0.05) is 19.1 Å². The van der Waals surface area contributed by atoms with Crippen molar-refractivity contribution in [3.8, 4) is 5.88 Å². The summed E-state index contributed by atoms with van der Waals surface area (Å²) < 4.78 is 5.56. The van der Waals surface area contributed by atoms with E-state index in [1.807, 2.05) is 38.1 Å². The van der Waals surface area contributed by atoms with Crippen LogP contribution in [0.4, 0.5) is 17.5 Å². The Kier molecular flexibility index (Phi) is 5.08. The van der Waals surface area contributed by atoms with Crippen LogP contribution in [0.25, 0.3) is 0 Å². The predicted molar refractivity (Wildman–Crippen MR) is 110 cm³/mol. The highest BCUT2D eigenvalue weighted by molar-refractivity contribution is 6.02. The van der Waals surface area contributed by atoms with Gasteiger partial charge in [0.05, 0.1) is 5.54 Å². The first-order valence-corrected chi connectivity index (χ1v) is 9.99. The van der Waals surface area contributed by atoms with Gasteiger partial charge in [-0.2, -0.15) is 9.97 Å². The number of carbonyl (C=O) groups is 2. The lowest BCUT2D eigenvalue weighted by atomic mass is 9.72. The molecule has 0 atom stereocenters. The van der Waals surface area contributed by atoms with Crippen molar-refractivity contribution < 1.29 is 14.3 Å². The molecule has 1 aromatic heterocycles. The van der Waals surface area contributed by atoms with Crippen molar-refractivity contribution in [3.63, 3.8) is 0 Å². The van der Waals surface area contributed by atoms with Crippen molar-refractivity contribution in [1.82, 2.24) is 15.3 Å². The van der Waals surface area contributed by atoms with Gasteiger partial charge in [0.15, 0.2) is 18.3 Å². The number of benzene rings is 1. The van der Waals surface area contributed by atoms with Crippen molar-refractivity contribution in [2.75, 3.05) is 17.4 Å². The molecule has 3 N–H and O–H groups in total. The van der Waals surface area contributed by atoms with Gasteiger partial charge in [-0.3, -0.25) is 9.59 Å². The molecule has 152 valence electrons. The molecule has 2 heterocycles. The summed E-state index contributed by atoms with van der Waals surface area (Å²) in [7, 11) is 0. The van der Waals surface area contributed by atoms with E-state index in [1.54, 1.807) is 0 Å². The first kappa shape index (κ1) is 19.2. The van der Waals surface area contributed by atoms with E-state index < -0.39 is 5.54 Å². The normalized spacial score (nSPS) is 16.7. The molecule has 0 saturated heterocycles. The Labute approximate surface area is 169 Å². The SMILES string of the molecule is CCCC(=O)C1(Nc2nc(Nc3cccc(C)c3)c3c(n2)OCNC3=O)CCC1. The van der Waals surface area contributed by atoms with Crippen LogP contribution >= 0.6 is 0 Å². The third kappa shape index (κ3) is 3.74. The molecule has 1 aromatic carbocycles. The molecule has 8 nitrogen and oxygen atoms in total. The second-order valence-corrected chi connectivity index (χ2v) is 7.60. The molecule has 1 saturated carbocycles. The molecule has 2 aliphatic rings. The highest BCUT2D eigenvalue weighted by Gasteiger charge is 2.44. The van der Waals surface area contributed by atoms with E-state index in [1.165, 1.54) is 0 Å². The summed E-state index contributed by atoms with van der Waals surface area (Å²) in [6.45, 7) is 4.03. The summed E-state index contributed by atoms with van der Waals surface area (Å²) >= 11 is 0. The van der Waals surface area contributed by atoms with E-state index in [-0.39, 0.29) is 35.8 Å². The number of carbonyl (C=O) groups excluding carboxylic acids is 2. The number of ketones is 1. The smallest absolute Gasteiger partial charge is 0.263 e.